The van der Waals surface area contributed by atoms with Gasteiger partial charge in [0.05, 0.1) is 6.42 Å². The molecule has 1 saturated carbocycles. The summed E-state index contributed by atoms with van der Waals surface area (Å²) in [5.41, 5.74) is -1.11. The Morgan fingerprint density at radius 3 is 2.64 bits per heavy atom. The molecule has 1 aliphatic heterocycles. The van der Waals surface area contributed by atoms with Crippen molar-refractivity contribution in [2.45, 2.75) is 36.8 Å². The van der Waals surface area contributed by atoms with E-state index in [2.05, 4.69) is 0 Å². The highest BCUT2D eigenvalue weighted by molar-refractivity contribution is 5.74. The van der Waals surface area contributed by atoms with Gasteiger partial charge < -0.3 is 19.3 Å². The minimum absolute atomic E-state index is 0.0339. The smallest absolute Gasteiger partial charge is 0.309 e. The summed E-state index contributed by atoms with van der Waals surface area (Å²) in [6.45, 7) is 0. The van der Waals surface area contributed by atoms with Gasteiger partial charge in [0, 0.05) is 27.1 Å². The van der Waals surface area contributed by atoms with E-state index in [1.54, 1.807) is 0 Å². The average Bonchev–Trinajstić information content (AvgIpc) is 2.53. The molecular weight excluding hydrogens is 188 g/mol. The Hall–Kier alpha value is -0.650. The molecule has 0 aromatic heterocycles. The Balaban J connectivity index is 2.19. The summed E-state index contributed by atoms with van der Waals surface area (Å²) < 4.78 is 15.4. The molecule has 0 aromatic carbocycles. The number of hydrogen-bond acceptors (Lipinski definition) is 5. The topological polar surface area (TPSA) is 65.0 Å². The van der Waals surface area contributed by atoms with E-state index in [1.165, 1.54) is 14.2 Å². The van der Waals surface area contributed by atoms with Gasteiger partial charge in [-0.15, -0.1) is 0 Å². The first-order chi connectivity index (χ1) is 6.53. The van der Waals surface area contributed by atoms with Gasteiger partial charge in [0.15, 0.2) is 5.79 Å². The van der Waals surface area contributed by atoms with Crippen LogP contribution in [-0.4, -0.2) is 42.8 Å². The van der Waals surface area contributed by atoms with Gasteiger partial charge in [-0.2, -0.15) is 0 Å². The van der Waals surface area contributed by atoms with Crippen molar-refractivity contribution in [1.82, 2.24) is 0 Å². The molecule has 0 spiro atoms. The number of aliphatic hydroxyl groups is 1. The molecule has 14 heavy (non-hydrogen) atoms. The van der Waals surface area contributed by atoms with E-state index in [4.69, 9.17) is 14.2 Å². The Bertz CT molecular complexity index is 260. The van der Waals surface area contributed by atoms with Crippen LogP contribution in [0.15, 0.2) is 0 Å². The zero-order valence-electron chi connectivity index (χ0n) is 8.28. The van der Waals surface area contributed by atoms with Gasteiger partial charge in [-0.05, 0) is 0 Å². The molecule has 2 atom stereocenters. The molecule has 0 amide bonds. The number of methoxy groups -OCH3 is 2. The summed E-state index contributed by atoms with van der Waals surface area (Å²) in [6.07, 6.45) is 0.215. The van der Waals surface area contributed by atoms with Crippen molar-refractivity contribution in [1.29, 1.82) is 0 Å². The second-order valence-corrected chi connectivity index (χ2v) is 3.96. The van der Waals surface area contributed by atoms with Crippen molar-refractivity contribution in [3.05, 3.63) is 0 Å². The second-order valence-electron chi connectivity index (χ2n) is 3.96. The molecule has 2 fully saturated rings. The molecule has 1 aliphatic carbocycles. The quantitative estimate of drug-likeness (QED) is 0.497. The first kappa shape index (κ1) is 9.89. The van der Waals surface area contributed by atoms with Crippen molar-refractivity contribution in [2.24, 2.45) is 0 Å². The highest BCUT2D eigenvalue weighted by atomic mass is 16.7. The maximum atomic E-state index is 11.0. The summed E-state index contributed by atoms with van der Waals surface area (Å²) in [4.78, 5) is 11.0. The van der Waals surface area contributed by atoms with Crippen LogP contribution in [0, 0.1) is 0 Å². The summed E-state index contributed by atoms with van der Waals surface area (Å²) in [5, 5.41) is 10.1. The summed E-state index contributed by atoms with van der Waals surface area (Å²) in [6, 6.07) is 0. The lowest BCUT2D eigenvalue weighted by Gasteiger charge is -2.27. The molecule has 2 rings (SSSR count). The zero-order chi connectivity index (χ0) is 10.4. The third-order valence-corrected chi connectivity index (χ3v) is 3.14. The minimum Gasteiger partial charge on any atom is -0.459 e. The summed E-state index contributed by atoms with van der Waals surface area (Å²) in [5.74, 6) is -1.15. The van der Waals surface area contributed by atoms with E-state index < -0.39 is 17.5 Å². The van der Waals surface area contributed by atoms with E-state index in [9.17, 15) is 9.90 Å². The highest BCUT2D eigenvalue weighted by Gasteiger charge is 2.61. The maximum absolute atomic E-state index is 11.0. The number of fused-ring (bicyclic) bond motifs is 1. The lowest BCUT2D eigenvalue weighted by atomic mass is 9.98. The van der Waals surface area contributed by atoms with Crippen LogP contribution < -0.4 is 0 Å². The van der Waals surface area contributed by atoms with Crippen molar-refractivity contribution in [3.8, 4) is 0 Å². The number of esters is 1. The number of hydrogen-bond donors (Lipinski definition) is 1. The van der Waals surface area contributed by atoms with Crippen molar-refractivity contribution in [2.75, 3.05) is 14.2 Å². The number of carbonyl (C=O) groups is 1. The Labute approximate surface area is 81.9 Å². The molecule has 1 saturated heterocycles. The molecule has 0 radical (unpaired) electrons. The Morgan fingerprint density at radius 1 is 1.50 bits per heavy atom. The van der Waals surface area contributed by atoms with Crippen LogP contribution in [0.1, 0.15) is 19.3 Å². The van der Waals surface area contributed by atoms with Crippen LogP contribution in [0.3, 0.4) is 0 Å². The maximum Gasteiger partial charge on any atom is 0.309 e. The third kappa shape index (κ3) is 1.24. The molecule has 5 heteroatoms. The highest BCUT2D eigenvalue weighted by Crippen LogP contribution is 2.47. The Kier molecular flexibility index (Phi) is 2.06. The standard InChI is InChI=1S/C9H14O5/c1-12-9(13-2)3-6-8(11,5-9)4-7(10)14-6/h6,11H,3-5H2,1-2H3/t6-,8-/m1/s1. The van der Waals surface area contributed by atoms with E-state index in [0.717, 1.165) is 0 Å². The van der Waals surface area contributed by atoms with E-state index in [0.29, 0.717) is 6.42 Å². The molecule has 0 bridgehead atoms. The lowest BCUT2D eigenvalue weighted by molar-refractivity contribution is -0.212. The van der Waals surface area contributed by atoms with E-state index in [-0.39, 0.29) is 18.8 Å². The predicted octanol–water partition coefficient (Wildman–Crippen LogP) is -0.184. The van der Waals surface area contributed by atoms with Gasteiger partial charge in [0.1, 0.15) is 11.7 Å². The van der Waals surface area contributed by atoms with Gasteiger partial charge in [-0.3, -0.25) is 4.79 Å². The molecule has 0 unspecified atom stereocenters. The average molecular weight is 202 g/mol. The SMILES string of the molecule is COC1(OC)C[C@H]2OC(=O)C[C@@]2(O)C1. The first-order valence-corrected chi connectivity index (χ1v) is 4.56. The van der Waals surface area contributed by atoms with Crippen molar-refractivity contribution in [3.63, 3.8) is 0 Å². The first-order valence-electron chi connectivity index (χ1n) is 4.56. The molecule has 2 aliphatic rings. The Morgan fingerprint density at radius 2 is 2.14 bits per heavy atom. The summed E-state index contributed by atoms with van der Waals surface area (Å²) in [7, 11) is 3.05. The van der Waals surface area contributed by atoms with Gasteiger partial charge in [-0.25, -0.2) is 0 Å². The normalized spacial score (nSPS) is 39.6. The second kappa shape index (κ2) is 2.92. The zero-order valence-corrected chi connectivity index (χ0v) is 8.28. The minimum atomic E-state index is -1.11. The molecule has 0 aromatic rings. The van der Waals surface area contributed by atoms with Gasteiger partial charge in [-0.1, -0.05) is 0 Å². The van der Waals surface area contributed by atoms with Crippen LogP contribution in [0.4, 0.5) is 0 Å². The predicted molar refractivity (Wildman–Crippen MR) is 45.4 cm³/mol. The number of carbonyl (C=O) groups excluding carboxylic acids is 1. The number of rotatable bonds is 2. The third-order valence-electron chi connectivity index (χ3n) is 3.14. The van der Waals surface area contributed by atoms with Gasteiger partial charge in [0.2, 0.25) is 0 Å². The summed E-state index contributed by atoms with van der Waals surface area (Å²) >= 11 is 0. The van der Waals surface area contributed by atoms with Crippen LogP contribution in [0.25, 0.3) is 0 Å². The van der Waals surface area contributed by atoms with Crippen molar-refractivity contribution >= 4 is 5.97 Å². The largest absolute Gasteiger partial charge is 0.459 e. The fraction of sp³-hybridized carbons (Fsp3) is 0.889. The van der Waals surface area contributed by atoms with Crippen LogP contribution in [-0.2, 0) is 19.0 Å². The van der Waals surface area contributed by atoms with Crippen LogP contribution in [0.2, 0.25) is 0 Å². The van der Waals surface area contributed by atoms with Crippen LogP contribution >= 0.6 is 0 Å². The fourth-order valence-corrected chi connectivity index (χ4v) is 2.30. The monoisotopic (exact) mass is 202 g/mol. The molecule has 1 heterocycles. The van der Waals surface area contributed by atoms with E-state index >= 15 is 0 Å². The van der Waals surface area contributed by atoms with Crippen molar-refractivity contribution < 1.29 is 24.1 Å². The van der Waals surface area contributed by atoms with E-state index in [1.807, 2.05) is 0 Å². The lowest BCUT2D eigenvalue weighted by Crippen LogP contribution is -2.35. The number of ether oxygens (including phenoxy) is 3. The van der Waals surface area contributed by atoms with Crippen LogP contribution in [0.5, 0.6) is 0 Å². The fourth-order valence-electron chi connectivity index (χ4n) is 2.30. The molecule has 5 nitrogen and oxygen atoms in total. The molecule has 1 N–H and O–H groups in total. The molecular formula is C9H14O5. The molecule has 80 valence electrons. The van der Waals surface area contributed by atoms with Gasteiger partial charge >= 0.3 is 5.97 Å². The van der Waals surface area contributed by atoms with Gasteiger partial charge in [0.25, 0.3) is 0 Å².